The van der Waals surface area contributed by atoms with Gasteiger partial charge in [0.15, 0.2) is 0 Å². The number of halogens is 2. The average molecular weight is 665 g/mol. The molecule has 246 valence electrons. The molecule has 0 bridgehead atoms. The third-order valence-electron chi connectivity index (χ3n) is 7.54. The minimum Gasteiger partial charge on any atom is -0.439 e. The van der Waals surface area contributed by atoms with Crippen molar-refractivity contribution in [3.63, 3.8) is 0 Å². The normalized spacial score (nSPS) is 16.6. The second-order valence-electron chi connectivity index (χ2n) is 11.1. The van der Waals surface area contributed by atoms with Crippen molar-refractivity contribution in [1.29, 1.82) is 0 Å². The number of carbonyl (C=O) groups is 2. The van der Waals surface area contributed by atoms with E-state index < -0.39 is 27.8 Å². The summed E-state index contributed by atoms with van der Waals surface area (Å²) >= 11 is 0. The summed E-state index contributed by atoms with van der Waals surface area (Å²) in [6.07, 6.45) is 3.89. The molecular weight excluding hydrogens is 630 g/mol. The fourth-order valence-corrected chi connectivity index (χ4v) is 5.95. The average Bonchev–Trinajstić information content (AvgIpc) is 3.03. The number of anilines is 2. The van der Waals surface area contributed by atoms with Gasteiger partial charge in [-0.2, -0.15) is 0 Å². The van der Waals surface area contributed by atoms with Crippen LogP contribution in [0.4, 0.5) is 25.0 Å². The summed E-state index contributed by atoms with van der Waals surface area (Å²) in [5.41, 5.74) is 2.17. The van der Waals surface area contributed by atoms with Crippen LogP contribution in [0.25, 0.3) is 0 Å². The Morgan fingerprint density at radius 3 is 2.45 bits per heavy atom. The van der Waals surface area contributed by atoms with E-state index in [1.807, 2.05) is 12.1 Å². The predicted molar refractivity (Wildman–Crippen MR) is 174 cm³/mol. The number of piperidine rings is 1. The molecule has 3 amide bonds. The minimum absolute atomic E-state index is 0.183. The smallest absolute Gasteiger partial charge is 0.319 e. The Kier molecular flexibility index (Phi) is 10.3. The Labute approximate surface area is 271 Å². The van der Waals surface area contributed by atoms with Crippen molar-refractivity contribution in [2.24, 2.45) is 0 Å². The van der Waals surface area contributed by atoms with Crippen LogP contribution in [0.3, 0.4) is 0 Å². The zero-order valence-corrected chi connectivity index (χ0v) is 26.5. The molecule has 1 saturated heterocycles. The minimum atomic E-state index is -3.38. The number of pyridine rings is 1. The number of carbonyl (C=O) groups excluding carboxylic acids is 2. The quantitative estimate of drug-likeness (QED) is 0.178. The molecule has 5 rings (SSSR count). The largest absolute Gasteiger partial charge is 0.439 e. The maximum absolute atomic E-state index is 14.3. The highest BCUT2D eigenvalue weighted by atomic mass is 32.2. The van der Waals surface area contributed by atoms with E-state index in [0.29, 0.717) is 43.2 Å². The first-order chi connectivity index (χ1) is 22.5. The molecule has 11 nitrogen and oxygen atoms in total. The van der Waals surface area contributed by atoms with Gasteiger partial charge in [0.2, 0.25) is 15.9 Å². The molecule has 2 atom stereocenters. The molecule has 1 aliphatic rings. The van der Waals surface area contributed by atoms with E-state index in [2.05, 4.69) is 30.6 Å². The lowest BCUT2D eigenvalue weighted by Gasteiger charge is -2.40. The number of urea groups is 1. The van der Waals surface area contributed by atoms with Crippen LogP contribution in [0.2, 0.25) is 0 Å². The van der Waals surface area contributed by atoms with Gasteiger partial charge in [-0.15, -0.1) is 0 Å². The summed E-state index contributed by atoms with van der Waals surface area (Å²) in [6.45, 7) is 1.10. The number of sulfonamides is 1. The third kappa shape index (κ3) is 9.24. The molecule has 2 heterocycles. The first-order valence-electron chi connectivity index (χ1n) is 14.7. The standard InChI is InChI=1S/C33H34F2N6O5S/c1-36-32(42)28-17-25(9-12-29(28)35)38-33(43)39-26-14-15-41(30(18-26)22-4-3-5-23(34)16-22)20-21-6-13-31(37-19-21)46-27-10-7-24(8-11-27)40-47(2,44)45/h3-13,16-17,19,26,30,40H,14-15,18,20H2,1-2H3,(H,36,42)(H2,38,39,43). The highest BCUT2D eigenvalue weighted by Crippen LogP contribution is 2.33. The number of rotatable bonds is 10. The lowest BCUT2D eigenvalue weighted by Crippen LogP contribution is -2.47. The Morgan fingerprint density at radius 2 is 1.77 bits per heavy atom. The molecule has 14 heteroatoms. The topological polar surface area (TPSA) is 142 Å². The fraction of sp³-hybridized carbons (Fsp3) is 0.242. The van der Waals surface area contributed by atoms with Gasteiger partial charge < -0.3 is 20.7 Å². The van der Waals surface area contributed by atoms with E-state index >= 15 is 0 Å². The van der Waals surface area contributed by atoms with Crippen molar-refractivity contribution in [3.8, 4) is 11.6 Å². The number of nitrogens with zero attached hydrogens (tertiary/aromatic N) is 2. The molecule has 1 fully saturated rings. The highest BCUT2D eigenvalue weighted by molar-refractivity contribution is 7.92. The molecule has 0 spiro atoms. The van der Waals surface area contributed by atoms with E-state index in [1.165, 1.54) is 31.3 Å². The van der Waals surface area contributed by atoms with Crippen LogP contribution in [-0.4, -0.2) is 56.1 Å². The van der Waals surface area contributed by atoms with Crippen molar-refractivity contribution >= 4 is 33.3 Å². The van der Waals surface area contributed by atoms with Gasteiger partial charge in [-0.3, -0.25) is 14.4 Å². The second kappa shape index (κ2) is 14.6. The van der Waals surface area contributed by atoms with E-state index in [-0.39, 0.29) is 29.2 Å². The zero-order valence-electron chi connectivity index (χ0n) is 25.7. The first kappa shape index (κ1) is 33.3. The van der Waals surface area contributed by atoms with Crippen LogP contribution < -0.4 is 25.4 Å². The van der Waals surface area contributed by atoms with Crippen molar-refractivity contribution in [2.45, 2.75) is 31.5 Å². The number of aromatic nitrogens is 1. The Balaban J connectivity index is 1.23. The molecule has 4 N–H and O–H groups in total. The number of hydrogen-bond donors (Lipinski definition) is 4. The van der Waals surface area contributed by atoms with Crippen LogP contribution in [0.15, 0.2) is 85.1 Å². The number of likely N-dealkylation sites (tertiary alicyclic amines) is 1. The number of benzene rings is 3. The van der Waals surface area contributed by atoms with Crippen molar-refractivity contribution in [3.05, 3.63) is 113 Å². The summed E-state index contributed by atoms with van der Waals surface area (Å²) in [5.74, 6) is -0.821. The number of ether oxygens (including phenoxy) is 1. The van der Waals surface area contributed by atoms with Gasteiger partial charge in [0.1, 0.15) is 17.4 Å². The van der Waals surface area contributed by atoms with E-state index in [9.17, 15) is 26.8 Å². The predicted octanol–water partition coefficient (Wildman–Crippen LogP) is 5.41. The Bertz CT molecular complexity index is 1840. The van der Waals surface area contributed by atoms with Crippen LogP contribution >= 0.6 is 0 Å². The van der Waals surface area contributed by atoms with Crippen LogP contribution in [-0.2, 0) is 16.6 Å². The summed E-state index contributed by atoms with van der Waals surface area (Å²) in [7, 11) is -1.99. The Hall–Kier alpha value is -5.08. The molecule has 0 saturated carbocycles. The molecule has 3 aromatic carbocycles. The molecule has 4 aromatic rings. The van der Waals surface area contributed by atoms with E-state index in [0.717, 1.165) is 23.4 Å². The van der Waals surface area contributed by atoms with Crippen molar-refractivity contribution in [1.82, 2.24) is 20.5 Å². The Morgan fingerprint density at radius 1 is 1.00 bits per heavy atom. The van der Waals surface area contributed by atoms with Crippen molar-refractivity contribution in [2.75, 3.05) is 29.9 Å². The number of amides is 3. The van der Waals surface area contributed by atoms with Gasteiger partial charge in [0.05, 0.1) is 11.8 Å². The van der Waals surface area contributed by atoms with Crippen LogP contribution in [0.5, 0.6) is 11.6 Å². The van der Waals surface area contributed by atoms with E-state index in [4.69, 9.17) is 4.74 Å². The highest BCUT2D eigenvalue weighted by Gasteiger charge is 2.31. The summed E-state index contributed by atoms with van der Waals surface area (Å²) in [4.78, 5) is 31.4. The molecular formula is C33H34F2N6O5S. The zero-order chi connectivity index (χ0) is 33.6. The molecule has 0 aliphatic carbocycles. The van der Waals surface area contributed by atoms with Gasteiger partial charge in [-0.25, -0.2) is 27.0 Å². The van der Waals surface area contributed by atoms with Crippen molar-refractivity contribution < 1.29 is 31.5 Å². The molecule has 47 heavy (non-hydrogen) atoms. The van der Waals surface area contributed by atoms with E-state index in [1.54, 1.807) is 42.6 Å². The lowest BCUT2D eigenvalue weighted by molar-refractivity contribution is 0.0959. The van der Waals surface area contributed by atoms with Gasteiger partial charge in [-0.1, -0.05) is 18.2 Å². The van der Waals surface area contributed by atoms with Crippen LogP contribution in [0.1, 0.15) is 40.4 Å². The van der Waals surface area contributed by atoms with Gasteiger partial charge >= 0.3 is 6.03 Å². The molecule has 1 aliphatic heterocycles. The summed E-state index contributed by atoms with van der Waals surface area (Å²) in [5, 5.41) is 8.00. The van der Waals surface area contributed by atoms with Gasteiger partial charge in [-0.05, 0) is 78.6 Å². The summed E-state index contributed by atoms with van der Waals surface area (Å²) < 4.78 is 59.4. The van der Waals surface area contributed by atoms with Crippen LogP contribution in [0, 0.1) is 11.6 Å². The lowest BCUT2D eigenvalue weighted by atomic mass is 9.91. The SMILES string of the molecule is CNC(=O)c1cc(NC(=O)NC2CCN(Cc3ccc(Oc4ccc(NS(C)(=O)=O)cc4)nc3)C(c3cccc(F)c3)C2)ccc1F. The van der Waals surface area contributed by atoms with Gasteiger partial charge in [0, 0.05) is 55.9 Å². The fourth-order valence-electron chi connectivity index (χ4n) is 5.38. The molecule has 1 aromatic heterocycles. The maximum Gasteiger partial charge on any atom is 0.319 e. The molecule has 2 unspecified atom stereocenters. The number of nitrogens with one attached hydrogen (secondary N) is 4. The third-order valence-corrected chi connectivity index (χ3v) is 8.15. The monoisotopic (exact) mass is 664 g/mol. The molecule has 0 radical (unpaired) electrons. The maximum atomic E-state index is 14.3. The first-order valence-corrected chi connectivity index (χ1v) is 16.6. The number of hydrogen-bond acceptors (Lipinski definition) is 7. The summed E-state index contributed by atoms with van der Waals surface area (Å²) in [6, 6.07) is 19.2. The second-order valence-corrected chi connectivity index (χ2v) is 12.9. The van der Waals surface area contributed by atoms with Gasteiger partial charge in [0.25, 0.3) is 5.91 Å².